The smallest absolute Gasteiger partial charge is 0.262 e. The van der Waals surface area contributed by atoms with Crippen molar-refractivity contribution in [3.63, 3.8) is 0 Å². The van der Waals surface area contributed by atoms with Crippen LogP contribution >= 0.6 is 23.2 Å². The SMILES string of the molecule is COc1ccc(NC(=O)c2cc(F)cc(F)c2)cc1NS(=O)(=O)c1ccc(Cl)c(Cl)c1. The van der Waals surface area contributed by atoms with Crippen LogP contribution in [-0.2, 0) is 10.0 Å². The number of benzene rings is 3. The van der Waals surface area contributed by atoms with Crippen LogP contribution in [0.2, 0.25) is 10.0 Å². The molecule has 2 N–H and O–H groups in total. The van der Waals surface area contributed by atoms with Gasteiger partial charge in [-0.3, -0.25) is 9.52 Å². The molecule has 0 saturated heterocycles. The van der Waals surface area contributed by atoms with Crippen molar-refractivity contribution in [3.8, 4) is 5.75 Å². The third-order valence-corrected chi connectivity index (χ3v) is 6.13. The molecule has 0 atom stereocenters. The predicted octanol–water partition coefficient (Wildman–Crippen LogP) is 5.33. The standard InChI is InChI=1S/C20H14Cl2F2N2O4S/c1-30-19-5-2-14(25-20(27)11-6-12(23)8-13(24)7-11)9-18(19)26-31(28,29)15-3-4-16(21)17(22)10-15/h2-10,26H,1H3,(H,25,27). The molecule has 31 heavy (non-hydrogen) atoms. The average Bonchev–Trinajstić information content (AvgIpc) is 2.69. The van der Waals surface area contributed by atoms with Gasteiger partial charge in [-0.1, -0.05) is 23.2 Å². The summed E-state index contributed by atoms with van der Waals surface area (Å²) >= 11 is 11.7. The molecule has 0 radical (unpaired) electrons. The number of ether oxygens (including phenoxy) is 1. The lowest BCUT2D eigenvalue weighted by Gasteiger charge is -2.14. The third kappa shape index (κ3) is 5.43. The normalized spacial score (nSPS) is 11.1. The number of hydrogen-bond donors (Lipinski definition) is 2. The molecule has 1 amide bonds. The molecule has 0 aromatic heterocycles. The van der Waals surface area contributed by atoms with E-state index in [1.807, 2.05) is 0 Å². The first-order valence-electron chi connectivity index (χ1n) is 8.52. The molecule has 0 bridgehead atoms. The van der Waals surface area contributed by atoms with Gasteiger partial charge in [-0.25, -0.2) is 17.2 Å². The first kappa shape index (κ1) is 22.8. The van der Waals surface area contributed by atoms with Gasteiger partial charge in [-0.05, 0) is 48.5 Å². The van der Waals surface area contributed by atoms with Gasteiger partial charge in [0.25, 0.3) is 15.9 Å². The Balaban J connectivity index is 1.89. The highest BCUT2D eigenvalue weighted by Crippen LogP contribution is 2.31. The van der Waals surface area contributed by atoms with Crippen molar-refractivity contribution >= 4 is 50.5 Å². The van der Waals surface area contributed by atoms with Crippen molar-refractivity contribution in [1.29, 1.82) is 0 Å². The first-order chi connectivity index (χ1) is 14.6. The lowest BCUT2D eigenvalue weighted by atomic mass is 10.2. The molecule has 0 aliphatic carbocycles. The maximum absolute atomic E-state index is 13.4. The van der Waals surface area contributed by atoms with Crippen LogP contribution in [0.4, 0.5) is 20.2 Å². The fraction of sp³-hybridized carbons (Fsp3) is 0.0500. The topological polar surface area (TPSA) is 84.5 Å². The number of halogens is 4. The predicted molar refractivity (Wildman–Crippen MR) is 115 cm³/mol. The van der Waals surface area contributed by atoms with E-state index in [9.17, 15) is 22.0 Å². The van der Waals surface area contributed by atoms with E-state index in [-0.39, 0.29) is 37.6 Å². The highest BCUT2D eigenvalue weighted by molar-refractivity contribution is 7.92. The van der Waals surface area contributed by atoms with Gasteiger partial charge in [-0.15, -0.1) is 0 Å². The zero-order valence-corrected chi connectivity index (χ0v) is 18.1. The van der Waals surface area contributed by atoms with Gasteiger partial charge in [0.05, 0.1) is 27.7 Å². The van der Waals surface area contributed by atoms with Crippen LogP contribution in [0, 0.1) is 11.6 Å². The van der Waals surface area contributed by atoms with Crippen molar-refractivity contribution in [2.75, 3.05) is 17.1 Å². The van der Waals surface area contributed by atoms with Crippen molar-refractivity contribution in [3.05, 3.63) is 81.8 Å². The molecule has 3 rings (SSSR count). The zero-order valence-electron chi connectivity index (χ0n) is 15.7. The van der Waals surface area contributed by atoms with E-state index in [2.05, 4.69) is 10.0 Å². The number of carbonyl (C=O) groups excluding carboxylic acids is 1. The number of anilines is 2. The average molecular weight is 487 g/mol. The van der Waals surface area contributed by atoms with E-state index in [1.54, 1.807) is 0 Å². The molecule has 11 heteroatoms. The number of nitrogens with one attached hydrogen (secondary N) is 2. The summed E-state index contributed by atoms with van der Waals surface area (Å²) in [6, 6.07) is 10.3. The lowest BCUT2D eigenvalue weighted by Crippen LogP contribution is -2.15. The van der Waals surface area contributed by atoms with Crippen molar-refractivity contribution in [2.24, 2.45) is 0 Å². The van der Waals surface area contributed by atoms with Crippen LogP contribution in [0.3, 0.4) is 0 Å². The highest BCUT2D eigenvalue weighted by atomic mass is 35.5. The summed E-state index contributed by atoms with van der Waals surface area (Å²) in [7, 11) is -2.75. The van der Waals surface area contributed by atoms with Gasteiger partial charge in [0.1, 0.15) is 17.4 Å². The number of methoxy groups -OCH3 is 1. The summed E-state index contributed by atoms with van der Waals surface area (Å²) in [6.07, 6.45) is 0. The van der Waals surface area contributed by atoms with E-state index in [0.29, 0.717) is 6.07 Å². The Morgan fingerprint density at radius 3 is 2.23 bits per heavy atom. The maximum Gasteiger partial charge on any atom is 0.262 e. The Morgan fingerprint density at radius 1 is 0.935 bits per heavy atom. The Bertz CT molecular complexity index is 1250. The molecule has 0 fully saturated rings. The molecule has 3 aromatic rings. The first-order valence-corrected chi connectivity index (χ1v) is 10.8. The van der Waals surface area contributed by atoms with Gasteiger partial charge in [-0.2, -0.15) is 0 Å². The summed E-state index contributed by atoms with van der Waals surface area (Å²) < 4.78 is 59.7. The third-order valence-electron chi connectivity index (χ3n) is 4.03. The minimum absolute atomic E-state index is 0.0109. The van der Waals surface area contributed by atoms with Gasteiger partial charge >= 0.3 is 0 Å². The minimum atomic E-state index is -4.08. The second-order valence-electron chi connectivity index (χ2n) is 6.21. The van der Waals surface area contributed by atoms with Crippen LogP contribution in [-0.4, -0.2) is 21.4 Å². The summed E-state index contributed by atoms with van der Waals surface area (Å²) in [6.45, 7) is 0. The monoisotopic (exact) mass is 486 g/mol. The Labute approximate surface area is 186 Å². The highest BCUT2D eigenvalue weighted by Gasteiger charge is 2.19. The number of sulfonamides is 1. The Morgan fingerprint density at radius 2 is 1.61 bits per heavy atom. The minimum Gasteiger partial charge on any atom is -0.495 e. The van der Waals surface area contributed by atoms with Gasteiger partial charge in [0.2, 0.25) is 0 Å². The number of carbonyl (C=O) groups is 1. The summed E-state index contributed by atoms with van der Waals surface area (Å²) in [5.41, 5.74) is -0.0784. The molecule has 6 nitrogen and oxygen atoms in total. The second kappa shape index (κ2) is 9.09. The quantitative estimate of drug-likeness (QED) is 0.492. The fourth-order valence-corrected chi connectivity index (χ4v) is 4.05. The molecule has 0 aliphatic rings. The summed E-state index contributed by atoms with van der Waals surface area (Å²) in [5.74, 6) is -2.44. The molecule has 0 saturated carbocycles. The van der Waals surface area contributed by atoms with E-state index in [1.165, 1.54) is 43.5 Å². The zero-order chi connectivity index (χ0) is 22.8. The van der Waals surface area contributed by atoms with Gasteiger partial charge in [0, 0.05) is 17.3 Å². The molecular formula is C20H14Cl2F2N2O4S. The van der Waals surface area contributed by atoms with E-state index in [0.717, 1.165) is 12.1 Å². The van der Waals surface area contributed by atoms with Crippen LogP contribution in [0.5, 0.6) is 5.75 Å². The maximum atomic E-state index is 13.4. The largest absolute Gasteiger partial charge is 0.495 e. The molecule has 0 heterocycles. The van der Waals surface area contributed by atoms with E-state index in [4.69, 9.17) is 27.9 Å². The van der Waals surface area contributed by atoms with Crippen LogP contribution in [0.15, 0.2) is 59.5 Å². The molecule has 162 valence electrons. The molecule has 0 unspecified atom stereocenters. The Kier molecular flexibility index (Phi) is 6.68. The Hall–Kier alpha value is -2.88. The molecule has 0 spiro atoms. The molecule has 3 aromatic carbocycles. The second-order valence-corrected chi connectivity index (χ2v) is 8.71. The van der Waals surface area contributed by atoms with Gasteiger partial charge < -0.3 is 10.1 Å². The molecular weight excluding hydrogens is 473 g/mol. The fourth-order valence-electron chi connectivity index (χ4n) is 2.60. The lowest BCUT2D eigenvalue weighted by molar-refractivity contribution is 0.102. The van der Waals surface area contributed by atoms with Crippen molar-refractivity contribution < 1.29 is 26.7 Å². The van der Waals surface area contributed by atoms with E-state index >= 15 is 0 Å². The molecule has 0 aliphatic heterocycles. The van der Waals surface area contributed by atoms with Crippen molar-refractivity contribution in [1.82, 2.24) is 0 Å². The van der Waals surface area contributed by atoms with Crippen LogP contribution < -0.4 is 14.8 Å². The number of hydrogen-bond acceptors (Lipinski definition) is 4. The summed E-state index contributed by atoms with van der Waals surface area (Å²) in [5, 5.41) is 2.69. The van der Waals surface area contributed by atoms with Crippen molar-refractivity contribution in [2.45, 2.75) is 4.90 Å². The van der Waals surface area contributed by atoms with Gasteiger partial charge in [0.15, 0.2) is 0 Å². The van der Waals surface area contributed by atoms with E-state index < -0.39 is 27.6 Å². The number of rotatable bonds is 6. The summed E-state index contributed by atoms with van der Waals surface area (Å²) in [4.78, 5) is 12.2. The van der Waals surface area contributed by atoms with Crippen LogP contribution in [0.1, 0.15) is 10.4 Å². The van der Waals surface area contributed by atoms with Crippen LogP contribution in [0.25, 0.3) is 0 Å². The number of amides is 1.